The molecular weight excluding hydrogens is 364 g/mol. The second kappa shape index (κ2) is 7.18. The first-order chi connectivity index (χ1) is 13.8. The van der Waals surface area contributed by atoms with Crippen molar-refractivity contribution in [2.75, 3.05) is 0 Å². The van der Waals surface area contributed by atoms with Crippen LogP contribution in [0.4, 0.5) is 0 Å². The molecule has 3 aromatic carbocycles. The Labute approximate surface area is 169 Å². The zero-order chi connectivity index (χ0) is 18.9. The van der Waals surface area contributed by atoms with Crippen molar-refractivity contribution in [3.63, 3.8) is 0 Å². The van der Waals surface area contributed by atoms with Crippen LogP contribution in [0.2, 0.25) is 5.02 Å². The van der Waals surface area contributed by atoms with Gasteiger partial charge in [-0.1, -0.05) is 66.2 Å². The highest BCUT2D eigenvalue weighted by molar-refractivity contribution is 6.30. The van der Waals surface area contributed by atoms with Crippen molar-refractivity contribution in [1.82, 2.24) is 0 Å². The highest BCUT2D eigenvalue weighted by Crippen LogP contribution is 2.36. The third-order valence-electron chi connectivity index (χ3n) is 5.18. The van der Waals surface area contributed by atoms with E-state index >= 15 is 0 Å². The van der Waals surface area contributed by atoms with Crippen molar-refractivity contribution in [3.8, 4) is 33.6 Å². The molecule has 0 saturated heterocycles. The van der Waals surface area contributed by atoms with Crippen LogP contribution in [0.3, 0.4) is 0 Å². The lowest BCUT2D eigenvalue weighted by Gasteiger charge is -2.10. The van der Waals surface area contributed by atoms with E-state index < -0.39 is 0 Å². The molecule has 1 aliphatic carbocycles. The molecule has 1 nitrogen and oxygen atoms in total. The summed E-state index contributed by atoms with van der Waals surface area (Å²) in [6, 6.07) is 27.2. The summed E-state index contributed by atoms with van der Waals surface area (Å²) in [5, 5.41) is 0.744. The Morgan fingerprint density at radius 2 is 1.36 bits per heavy atom. The average Bonchev–Trinajstić information content (AvgIpc) is 3.19. The number of halogens is 1. The largest absolute Gasteiger partial charge is 0.460 e. The first-order valence-electron chi connectivity index (χ1n) is 9.52. The SMILES string of the molecule is Clc1ccc(-c2cc(-c3ccccc3)cc(-c3cc4c(o3)CCC=C4)c2)cc1. The van der Waals surface area contributed by atoms with E-state index in [-0.39, 0.29) is 0 Å². The fourth-order valence-corrected chi connectivity index (χ4v) is 3.85. The Hall–Kier alpha value is -3.03. The van der Waals surface area contributed by atoms with Crippen LogP contribution in [-0.4, -0.2) is 0 Å². The van der Waals surface area contributed by atoms with Crippen LogP contribution >= 0.6 is 11.6 Å². The van der Waals surface area contributed by atoms with Crippen LogP contribution in [0.1, 0.15) is 17.7 Å². The first kappa shape index (κ1) is 17.1. The standard InChI is InChI=1S/C26H19ClO/c27-24-12-10-19(11-13-24)22-14-21(18-6-2-1-3-7-18)15-23(16-22)26-17-20-8-4-5-9-25(20)28-26/h1-4,6-8,10-17H,5,9H2. The van der Waals surface area contributed by atoms with Gasteiger partial charge in [-0.05, 0) is 65.1 Å². The molecule has 5 rings (SSSR count). The van der Waals surface area contributed by atoms with E-state index in [2.05, 4.69) is 72.8 Å². The molecule has 0 amide bonds. The second-order valence-corrected chi connectivity index (χ2v) is 7.54. The number of hydrogen-bond donors (Lipinski definition) is 0. The highest BCUT2D eigenvalue weighted by atomic mass is 35.5. The Bertz CT molecular complexity index is 1150. The maximum Gasteiger partial charge on any atom is 0.134 e. The lowest BCUT2D eigenvalue weighted by Crippen LogP contribution is -1.87. The third-order valence-corrected chi connectivity index (χ3v) is 5.43. The van der Waals surface area contributed by atoms with Gasteiger partial charge in [-0.3, -0.25) is 0 Å². The maximum absolute atomic E-state index is 6.22. The van der Waals surface area contributed by atoms with E-state index in [4.69, 9.17) is 16.0 Å². The fourth-order valence-electron chi connectivity index (χ4n) is 3.72. The van der Waals surface area contributed by atoms with Gasteiger partial charge >= 0.3 is 0 Å². The molecule has 0 aliphatic heterocycles. The molecule has 28 heavy (non-hydrogen) atoms. The minimum absolute atomic E-state index is 0.744. The molecule has 0 bridgehead atoms. The zero-order valence-corrected chi connectivity index (χ0v) is 16.1. The second-order valence-electron chi connectivity index (χ2n) is 7.10. The normalized spacial score (nSPS) is 12.8. The number of aryl methyl sites for hydroxylation is 1. The van der Waals surface area contributed by atoms with Gasteiger partial charge < -0.3 is 4.42 Å². The summed E-state index contributed by atoms with van der Waals surface area (Å²) >= 11 is 6.09. The van der Waals surface area contributed by atoms with Gasteiger partial charge in [0, 0.05) is 22.6 Å². The minimum atomic E-state index is 0.744. The lowest BCUT2D eigenvalue weighted by molar-refractivity contribution is 0.520. The van der Waals surface area contributed by atoms with Gasteiger partial charge in [0.1, 0.15) is 11.5 Å². The summed E-state index contributed by atoms with van der Waals surface area (Å²) in [6.45, 7) is 0. The van der Waals surface area contributed by atoms with Crippen molar-refractivity contribution in [2.24, 2.45) is 0 Å². The number of allylic oxidation sites excluding steroid dienone is 1. The van der Waals surface area contributed by atoms with Crippen LogP contribution in [0, 0.1) is 0 Å². The summed E-state index contributed by atoms with van der Waals surface area (Å²) in [4.78, 5) is 0. The summed E-state index contributed by atoms with van der Waals surface area (Å²) in [7, 11) is 0. The van der Waals surface area contributed by atoms with Crippen molar-refractivity contribution in [2.45, 2.75) is 12.8 Å². The Balaban J connectivity index is 1.67. The maximum atomic E-state index is 6.22. The summed E-state index contributed by atoms with van der Waals surface area (Å²) in [5.74, 6) is 2.00. The van der Waals surface area contributed by atoms with Crippen LogP contribution in [0.15, 0.2) is 89.4 Å². The van der Waals surface area contributed by atoms with Gasteiger partial charge in [0.15, 0.2) is 0 Å². The van der Waals surface area contributed by atoms with E-state index in [1.165, 1.54) is 16.7 Å². The van der Waals surface area contributed by atoms with Gasteiger partial charge in [0.05, 0.1) is 0 Å². The van der Waals surface area contributed by atoms with Gasteiger partial charge in [-0.2, -0.15) is 0 Å². The highest BCUT2D eigenvalue weighted by Gasteiger charge is 2.15. The number of benzene rings is 3. The number of furan rings is 1. The molecule has 0 atom stereocenters. The molecule has 1 aliphatic rings. The Kier molecular flexibility index (Phi) is 4.38. The molecule has 0 radical (unpaired) electrons. The molecule has 0 fully saturated rings. The van der Waals surface area contributed by atoms with Gasteiger partial charge in [0.2, 0.25) is 0 Å². The van der Waals surface area contributed by atoms with Gasteiger partial charge in [-0.15, -0.1) is 0 Å². The quantitative estimate of drug-likeness (QED) is 0.351. The molecule has 2 heteroatoms. The van der Waals surface area contributed by atoms with Crippen molar-refractivity contribution in [3.05, 3.63) is 101 Å². The smallest absolute Gasteiger partial charge is 0.134 e. The first-order valence-corrected chi connectivity index (χ1v) is 9.90. The topological polar surface area (TPSA) is 13.1 Å². The zero-order valence-electron chi connectivity index (χ0n) is 15.4. The van der Waals surface area contributed by atoms with Gasteiger partial charge in [0.25, 0.3) is 0 Å². The van der Waals surface area contributed by atoms with E-state index in [0.29, 0.717) is 0 Å². The molecule has 0 N–H and O–H groups in total. The van der Waals surface area contributed by atoms with E-state index in [9.17, 15) is 0 Å². The number of rotatable bonds is 3. The molecule has 0 unspecified atom stereocenters. The summed E-state index contributed by atoms with van der Waals surface area (Å²) < 4.78 is 6.22. The molecule has 136 valence electrons. The monoisotopic (exact) mass is 382 g/mol. The van der Waals surface area contributed by atoms with Crippen LogP contribution in [-0.2, 0) is 6.42 Å². The van der Waals surface area contributed by atoms with Crippen LogP contribution in [0.25, 0.3) is 39.7 Å². The van der Waals surface area contributed by atoms with E-state index in [1.54, 1.807) is 0 Å². The summed E-state index contributed by atoms with van der Waals surface area (Å²) in [6.07, 6.45) is 6.38. The third kappa shape index (κ3) is 3.30. The Morgan fingerprint density at radius 3 is 2.07 bits per heavy atom. The molecule has 4 aromatic rings. The van der Waals surface area contributed by atoms with Crippen molar-refractivity contribution >= 4 is 17.7 Å². The number of hydrogen-bond acceptors (Lipinski definition) is 1. The molecular formula is C26H19ClO. The average molecular weight is 383 g/mol. The lowest BCUT2D eigenvalue weighted by atomic mass is 9.95. The molecule has 1 heterocycles. The minimum Gasteiger partial charge on any atom is -0.460 e. The fraction of sp³-hybridized carbons (Fsp3) is 0.0769. The summed E-state index contributed by atoms with van der Waals surface area (Å²) in [5.41, 5.74) is 6.94. The predicted molar refractivity (Wildman–Crippen MR) is 117 cm³/mol. The van der Waals surface area contributed by atoms with Crippen LogP contribution < -0.4 is 0 Å². The van der Waals surface area contributed by atoms with Crippen molar-refractivity contribution in [1.29, 1.82) is 0 Å². The van der Waals surface area contributed by atoms with Gasteiger partial charge in [-0.25, -0.2) is 0 Å². The van der Waals surface area contributed by atoms with E-state index in [0.717, 1.165) is 46.1 Å². The number of fused-ring (bicyclic) bond motifs is 1. The molecule has 1 aromatic heterocycles. The predicted octanol–water partition coefficient (Wildman–Crippen LogP) is 7.89. The van der Waals surface area contributed by atoms with E-state index in [1.807, 2.05) is 18.2 Å². The van der Waals surface area contributed by atoms with Crippen molar-refractivity contribution < 1.29 is 4.42 Å². The molecule has 0 saturated carbocycles. The molecule has 0 spiro atoms. The Morgan fingerprint density at radius 1 is 0.679 bits per heavy atom. The van der Waals surface area contributed by atoms with Crippen LogP contribution in [0.5, 0.6) is 0 Å².